The average Bonchev–Trinajstić information content (AvgIpc) is 2.83. The predicted octanol–water partition coefficient (Wildman–Crippen LogP) is 5.72. The maximum absolute atomic E-state index is 12.5. The molecule has 1 amide bonds. The zero-order valence-corrected chi connectivity index (χ0v) is 18.3. The molecule has 33 heavy (non-hydrogen) atoms. The van der Waals surface area contributed by atoms with Crippen molar-refractivity contribution in [2.75, 3.05) is 0 Å². The van der Waals surface area contributed by atoms with Crippen molar-refractivity contribution < 1.29 is 14.7 Å². The van der Waals surface area contributed by atoms with Crippen LogP contribution in [-0.2, 0) is 22.4 Å². The van der Waals surface area contributed by atoms with Crippen LogP contribution < -0.4 is 5.32 Å². The smallest absolute Gasteiger partial charge is 0.326 e. The lowest BCUT2D eigenvalue weighted by atomic mass is 9.90. The summed E-state index contributed by atoms with van der Waals surface area (Å²) in [5.41, 5.74) is 2.10. The molecule has 5 aromatic rings. The molecule has 5 rings (SSSR count). The second-order valence-electron chi connectivity index (χ2n) is 8.58. The first kappa shape index (κ1) is 21.0. The van der Waals surface area contributed by atoms with Gasteiger partial charge in [-0.2, -0.15) is 0 Å². The van der Waals surface area contributed by atoms with Crippen LogP contribution >= 0.6 is 0 Å². The van der Waals surface area contributed by atoms with Crippen LogP contribution in [0.2, 0.25) is 0 Å². The van der Waals surface area contributed by atoms with Crippen LogP contribution in [0.3, 0.4) is 0 Å². The molecule has 0 heterocycles. The van der Waals surface area contributed by atoms with Crippen molar-refractivity contribution >= 4 is 44.2 Å². The van der Waals surface area contributed by atoms with E-state index in [2.05, 4.69) is 59.9 Å². The monoisotopic (exact) mass is 435 g/mol. The molecule has 4 nitrogen and oxygen atoms in total. The Morgan fingerprint density at radius 2 is 1.42 bits per heavy atom. The van der Waals surface area contributed by atoms with E-state index in [-0.39, 0.29) is 12.3 Å². The Bertz CT molecular complexity index is 1430. The number of carboxylic acid groups (broad SMARTS) is 1. The van der Waals surface area contributed by atoms with E-state index in [4.69, 9.17) is 0 Å². The fraction of sp³-hybridized carbons (Fsp3) is 0.172. The summed E-state index contributed by atoms with van der Waals surface area (Å²) < 4.78 is 0. The molecular formula is C29H25NO3. The van der Waals surface area contributed by atoms with Crippen molar-refractivity contribution in [1.82, 2.24) is 5.32 Å². The van der Waals surface area contributed by atoms with Gasteiger partial charge in [-0.05, 0) is 56.3 Å². The Hall–Kier alpha value is -3.92. The highest BCUT2D eigenvalue weighted by molar-refractivity contribution is 6.23. The largest absolute Gasteiger partial charge is 0.480 e. The Labute approximate surface area is 192 Å². The van der Waals surface area contributed by atoms with Gasteiger partial charge in [-0.1, -0.05) is 84.9 Å². The summed E-state index contributed by atoms with van der Waals surface area (Å²) in [6.07, 6.45) is 1.99. The lowest BCUT2D eigenvalue weighted by Gasteiger charge is -2.15. The van der Waals surface area contributed by atoms with E-state index in [9.17, 15) is 14.7 Å². The van der Waals surface area contributed by atoms with Gasteiger partial charge in [0.2, 0.25) is 5.91 Å². The second kappa shape index (κ2) is 8.91. The maximum atomic E-state index is 12.5. The van der Waals surface area contributed by atoms with Gasteiger partial charge in [0.25, 0.3) is 0 Å². The molecule has 0 aliphatic rings. The summed E-state index contributed by atoms with van der Waals surface area (Å²) in [6.45, 7) is 0. The number of amides is 1. The standard InChI is InChI=1S/C29H25NO3/c31-26(30-25(29(32)33)18-19-6-2-1-3-7-19)11-5-8-20-12-13-23-15-14-21-9-4-10-22-16-17-24(20)28(23)27(21)22/h1-4,6-7,9-10,12-17,25H,5,8,11,18H2,(H,30,31)(H,32,33)/t25-/m1/s1. The number of carbonyl (C=O) groups is 2. The number of hydrogen-bond donors (Lipinski definition) is 2. The van der Waals surface area contributed by atoms with Crippen LogP contribution in [-0.4, -0.2) is 23.0 Å². The summed E-state index contributed by atoms with van der Waals surface area (Å²) in [5, 5.41) is 19.7. The number of benzene rings is 5. The van der Waals surface area contributed by atoms with E-state index >= 15 is 0 Å². The third-order valence-corrected chi connectivity index (χ3v) is 6.38. The number of aliphatic carboxylic acids is 1. The van der Waals surface area contributed by atoms with Gasteiger partial charge >= 0.3 is 5.97 Å². The van der Waals surface area contributed by atoms with Gasteiger partial charge in [-0.25, -0.2) is 4.79 Å². The van der Waals surface area contributed by atoms with E-state index in [0.717, 1.165) is 12.0 Å². The number of nitrogens with one attached hydrogen (secondary N) is 1. The molecule has 0 fully saturated rings. The number of carboxylic acids is 1. The quantitative estimate of drug-likeness (QED) is 0.306. The fourth-order valence-electron chi connectivity index (χ4n) is 4.77. The Balaban J connectivity index is 1.29. The van der Waals surface area contributed by atoms with Gasteiger partial charge < -0.3 is 10.4 Å². The molecule has 0 aliphatic carbocycles. The summed E-state index contributed by atoms with van der Waals surface area (Å²) in [5.74, 6) is -1.24. The Morgan fingerprint density at radius 3 is 2.15 bits per heavy atom. The molecule has 0 unspecified atom stereocenters. The van der Waals surface area contributed by atoms with E-state index in [1.54, 1.807) is 0 Å². The number of hydrogen-bond acceptors (Lipinski definition) is 2. The first-order valence-electron chi connectivity index (χ1n) is 11.3. The molecule has 5 aromatic carbocycles. The van der Waals surface area contributed by atoms with Gasteiger partial charge in [-0.15, -0.1) is 0 Å². The van der Waals surface area contributed by atoms with Crippen LogP contribution in [0.15, 0.2) is 84.9 Å². The summed E-state index contributed by atoms with van der Waals surface area (Å²) in [7, 11) is 0. The van der Waals surface area contributed by atoms with E-state index in [1.807, 2.05) is 30.3 Å². The van der Waals surface area contributed by atoms with Gasteiger partial charge in [0.05, 0.1) is 0 Å². The van der Waals surface area contributed by atoms with Crippen molar-refractivity contribution in [1.29, 1.82) is 0 Å². The number of rotatable bonds is 8. The second-order valence-corrected chi connectivity index (χ2v) is 8.58. The first-order chi connectivity index (χ1) is 16.1. The normalized spacial score (nSPS) is 12.4. The summed E-state index contributed by atoms with van der Waals surface area (Å²) >= 11 is 0. The van der Waals surface area contributed by atoms with Gasteiger partial charge in [-0.3, -0.25) is 4.79 Å². The van der Waals surface area contributed by atoms with Crippen molar-refractivity contribution in [2.24, 2.45) is 0 Å². The molecule has 0 saturated carbocycles. The predicted molar refractivity (Wildman–Crippen MR) is 133 cm³/mol. The van der Waals surface area contributed by atoms with Crippen molar-refractivity contribution in [3.05, 3.63) is 96.1 Å². The minimum atomic E-state index is -1.01. The van der Waals surface area contributed by atoms with Crippen LogP contribution in [0, 0.1) is 0 Å². The highest BCUT2D eigenvalue weighted by Gasteiger charge is 2.20. The molecule has 1 atom stereocenters. The molecule has 0 aromatic heterocycles. The van der Waals surface area contributed by atoms with Crippen molar-refractivity contribution in [3.8, 4) is 0 Å². The lowest BCUT2D eigenvalue weighted by Crippen LogP contribution is -2.42. The van der Waals surface area contributed by atoms with Crippen LogP contribution in [0.4, 0.5) is 0 Å². The van der Waals surface area contributed by atoms with Crippen LogP contribution in [0.25, 0.3) is 32.3 Å². The lowest BCUT2D eigenvalue weighted by molar-refractivity contribution is -0.141. The molecule has 2 N–H and O–H groups in total. The fourth-order valence-corrected chi connectivity index (χ4v) is 4.77. The SMILES string of the molecule is O=C(CCCc1ccc2ccc3cccc4ccc1c2c34)N[C@H](Cc1ccccc1)C(=O)O. The molecule has 0 radical (unpaired) electrons. The summed E-state index contributed by atoms with van der Waals surface area (Å²) in [6, 6.07) is 27.8. The average molecular weight is 436 g/mol. The molecule has 0 saturated heterocycles. The van der Waals surface area contributed by atoms with Crippen molar-refractivity contribution in [2.45, 2.75) is 31.7 Å². The van der Waals surface area contributed by atoms with Gasteiger partial charge in [0.15, 0.2) is 0 Å². The zero-order chi connectivity index (χ0) is 22.8. The van der Waals surface area contributed by atoms with E-state index in [1.165, 1.54) is 37.9 Å². The van der Waals surface area contributed by atoms with Crippen LogP contribution in [0.5, 0.6) is 0 Å². The molecule has 0 spiro atoms. The Morgan fingerprint density at radius 1 is 0.758 bits per heavy atom. The maximum Gasteiger partial charge on any atom is 0.326 e. The Kier molecular flexibility index (Phi) is 5.66. The van der Waals surface area contributed by atoms with E-state index in [0.29, 0.717) is 12.8 Å². The zero-order valence-electron chi connectivity index (χ0n) is 18.3. The molecule has 164 valence electrons. The first-order valence-corrected chi connectivity index (χ1v) is 11.3. The third kappa shape index (κ3) is 4.24. The molecular weight excluding hydrogens is 410 g/mol. The minimum absolute atomic E-state index is 0.226. The highest BCUT2D eigenvalue weighted by atomic mass is 16.4. The topological polar surface area (TPSA) is 66.4 Å². The van der Waals surface area contributed by atoms with E-state index < -0.39 is 12.0 Å². The molecule has 0 bridgehead atoms. The minimum Gasteiger partial charge on any atom is -0.480 e. The van der Waals surface area contributed by atoms with Gasteiger partial charge in [0, 0.05) is 12.8 Å². The highest BCUT2D eigenvalue weighted by Crippen LogP contribution is 2.36. The van der Waals surface area contributed by atoms with Crippen LogP contribution in [0.1, 0.15) is 24.0 Å². The summed E-state index contributed by atoms with van der Waals surface area (Å²) in [4.78, 5) is 24.1. The van der Waals surface area contributed by atoms with Gasteiger partial charge in [0.1, 0.15) is 6.04 Å². The number of aryl methyl sites for hydroxylation is 1. The molecule has 4 heteroatoms. The number of carbonyl (C=O) groups excluding carboxylic acids is 1. The third-order valence-electron chi connectivity index (χ3n) is 6.38. The van der Waals surface area contributed by atoms with Crippen molar-refractivity contribution in [3.63, 3.8) is 0 Å². The molecule has 0 aliphatic heterocycles.